The lowest BCUT2D eigenvalue weighted by Gasteiger charge is -2.41. The van der Waals surface area contributed by atoms with Crippen LogP contribution in [0.2, 0.25) is 0 Å². The number of amides is 1. The molecule has 1 aliphatic rings. The second kappa shape index (κ2) is 4.42. The zero-order valence-corrected chi connectivity index (χ0v) is 8.25. The molecule has 1 amide bonds. The lowest BCUT2D eigenvalue weighted by atomic mass is 10.0. The number of aliphatic hydroxyl groups is 4. The molecule has 0 aromatic rings. The van der Waals surface area contributed by atoms with Gasteiger partial charge in [-0.05, 0) is 0 Å². The topological polar surface area (TPSA) is 119 Å². The van der Waals surface area contributed by atoms with Crippen molar-refractivity contribution >= 4 is 5.91 Å². The first-order valence-corrected chi connectivity index (χ1v) is 4.62. The fourth-order valence-electron chi connectivity index (χ4n) is 1.24. The van der Waals surface area contributed by atoms with E-state index in [0.717, 1.165) is 0 Å². The van der Waals surface area contributed by atoms with E-state index in [-0.39, 0.29) is 13.0 Å². The predicted octanol–water partition coefficient (Wildman–Crippen LogP) is -2.73. The van der Waals surface area contributed by atoms with Gasteiger partial charge in [-0.25, -0.2) is 0 Å². The third-order valence-corrected chi connectivity index (χ3v) is 2.23. The Bertz CT molecular complexity index is 247. The number of rotatable bonds is 2. The largest absolute Gasteiger partial charge is 0.388 e. The minimum atomic E-state index is -2.34. The van der Waals surface area contributed by atoms with E-state index in [1.807, 2.05) is 5.32 Å². The number of hydrogen-bond acceptors (Lipinski definition) is 6. The molecule has 1 aliphatic heterocycles. The van der Waals surface area contributed by atoms with Gasteiger partial charge in [-0.3, -0.25) is 4.79 Å². The van der Waals surface area contributed by atoms with Crippen molar-refractivity contribution in [1.29, 1.82) is 0 Å². The molecule has 0 aromatic heterocycles. The van der Waals surface area contributed by atoms with Crippen LogP contribution in [-0.2, 0) is 9.53 Å². The van der Waals surface area contributed by atoms with Crippen LogP contribution in [0.5, 0.6) is 0 Å². The fraction of sp³-hybridized carbons (Fsp3) is 0.875. The average molecular weight is 221 g/mol. The van der Waals surface area contributed by atoms with Crippen LogP contribution in [0.4, 0.5) is 0 Å². The summed E-state index contributed by atoms with van der Waals surface area (Å²) in [6, 6.07) is 0. The van der Waals surface area contributed by atoms with Crippen LogP contribution in [0, 0.1) is 0 Å². The van der Waals surface area contributed by atoms with E-state index in [0.29, 0.717) is 0 Å². The Morgan fingerprint density at radius 2 is 2.13 bits per heavy atom. The monoisotopic (exact) mass is 221 g/mol. The van der Waals surface area contributed by atoms with E-state index in [1.54, 1.807) is 6.92 Å². The van der Waals surface area contributed by atoms with Crippen LogP contribution in [0.3, 0.4) is 0 Å². The number of carbonyl (C=O) groups is 1. The maximum absolute atomic E-state index is 11.0. The summed E-state index contributed by atoms with van der Waals surface area (Å²) in [7, 11) is 0. The summed E-state index contributed by atoms with van der Waals surface area (Å²) >= 11 is 0. The van der Waals surface area contributed by atoms with Gasteiger partial charge in [0.15, 0.2) is 6.10 Å². The van der Waals surface area contributed by atoms with Crippen LogP contribution in [0.1, 0.15) is 13.3 Å². The van der Waals surface area contributed by atoms with Crippen molar-refractivity contribution < 1.29 is 30.0 Å². The first-order valence-electron chi connectivity index (χ1n) is 4.62. The lowest BCUT2D eigenvalue weighted by Crippen LogP contribution is -2.68. The molecule has 1 heterocycles. The summed E-state index contributed by atoms with van der Waals surface area (Å²) in [6.45, 7) is 1.18. The fourth-order valence-corrected chi connectivity index (χ4v) is 1.24. The molecule has 7 nitrogen and oxygen atoms in total. The normalized spacial score (nSPS) is 41.3. The molecule has 0 aromatic carbocycles. The van der Waals surface area contributed by atoms with Crippen molar-refractivity contribution in [1.82, 2.24) is 5.32 Å². The van der Waals surface area contributed by atoms with Crippen LogP contribution in [0.25, 0.3) is 0 Å². The Balaban J connectivity index is 2.71. The Kier molecular flexibility index (Phi) is 3.63. The molecule has 1 rings (SSSR count). The molecule has 15 heavy (non-hydrogen) atoms. The van der Waals surface area contributed by atoms with Crippen LogP contribution < -0.4 is 5.32 Å². The highest BCUT2D eigenvalue weighted by Crippen LogP contribution is 2.21. The van der Waals surface area contributed by atoms with Gasteiger partial charge >= 0.3 is 0 Å². The van der Waals surface area contributed by atoms with E-state index in [4.69, 9.17) is 9.84 Å². The van der Waals surface area contributed by atoms with Gasteiger partial charge in [-0.1, -0.05) is 6.92 Å². The molecule has 0 saturated carbocycles. The SMILES string of the molecule is CCC(=O)NC1(O)OC[C@@H](O)[C@H](O)[C@H]1O. The molecule has 0 spiro atoms. The Morgan fingerprint density at radius 1 is 1.53 bits per heavy atom. The number of carbonyl (C=O) groups excluding carboxylic acids is 1. The quantitative estimate of drug-likeness (QED) is 0.323. The molecule has 1 saturated heterocycles. The van der Waals surface area contributed by atoms with Crippen LogP contribution >= 0.6 is 0 Å². The van der Waals surface area contributed by atoms with Gasteiger partial charge in [0.25, 0.3) is 5.91 Å². The van der Waals surface area contributed by atoms with E-state index < -0.39 is 30.1 Å². The third-order valence-electron chi connectivity index (χ3n) is 2.23. The van der Waals surface area contributed by atoms with Gasteiger partial charge in [-0.15, -0.1) is 0 Å². The van der Waals surface area contributed by atoms with Crippen molar-refractivity contribution in [3.63, 3.8) is 0 Å². The highest BCUT2D eigenvalue weighted by atomic mass is 16.7. The highest BCUT2D eigenvalue weighted by Gasteiger charge is 2.49. The first kappa shape index (κ1) is 12.3. The molecule has 0 bridgehead atoms. The number of hydrogen-bond donors (Lipinski definition) is 5. The molecular formula is C8H15NO6. The Labute approximate surface area is 86.3 Å². The molecule has 0 radical (unpaired) electrons. The predicted molar refractivity (Wildman–Crippen MR) is 47.4 cm³/mol. The molecule has 7 heteroatoms. The molecular weight excluding hydrogens is 206 g/mol. The van der Waals surface area contributed by atoms with E-state index in [1.165, 1.54) is 0 Å². The summed E-state index contributed by atoms with van der Waals surface area (Å²) in [5.74, 6) is -2.88. The molecule has 1 fully saturated rings. The summed E-state index contributed by atoms with van der Waals surface area (Å²) in [6.07, 6.45) is -4.56. The summed E-state index contributed by atoms with van der Waals surface area (Å²) in [5, 5.41) is 39.5. The Hall–Kier alpha value is -0.730. The maximum Gasteiger partial charge on any atom is 0.279 e. The van der Waals surface area contributed by atoms with Gasteiger partial charge in [0.05, 0.1) is 6.61 Å². The number of nitrogens with one attached hydrogen (secondary N) is 1. The standard InChI is InChI=1S/C8H15NO6/c1-2-5(11)9-8(14)7(13)6(12)4(10)3-15-8/h4,6-7,10,12-14H,2-3H2,1H3,(H,9,11)/t4-,6+,7-,8?/m1/s1. The number of ether oxygens (including phenoxy) is 1. The lowest BCUT2D eigenvalue weighted by molar-refractivity contribution is -0.331. The van der Waals surface area contributed by atoms with Gasteiger partial charge in [0.2, 0.25) is 5.91 Å². The van der Waals surface area contributed by atoms with Gasteiger partial charge in [0, 0.05) is 6.42 Å². The zero-order valence-electron chi connectivity index (χ0n) is 8.25. The van der Waals surface area contributed by atoms with Crippen LogP contribution in [-0.4, -0.2) is 57.2 Å². The molecule has 88 valence electrons. The van der Waals surface area contributed by atoms with Crippen molar-refractivity contribution in [2.75, 3.05) is 6.61 Å². The molecule has 5 N–H and O–H groups in total. The summed E-state index contributed by atoms with van der Waals surface area (Å²) < 4.78 is 4.70. The molecule has 4 atom stereocenters. The van der Waals surface area contributed by atoms with Gasteiger partial charge < -0.3 is 30.5 Å². The smallest absolute Gasteiger partial charge is 0.279 e. The number of aliphatic hydroxyl groups excluding tert-OH is 3. The minimum Gasteiger partial charge on any atom is -0.388 e. The van der Waals surface area contributed by atoms with Crippen molar-refractivity contribution in [3.05, 3.63) is 0 Å². The van der Waals surface area contributed by atoms with Crippen molar-refractivity contribution in [2.24, 2.45) is 0 Å². The van der Waals surface area contributed by atoms with Gasteiger partial charge in [-0.2, -0.15) is 0 Å². The minimum absolute atomic E-state index is 0.0943. The highest BCUT2D eigenvalue weighted by molar-refractivity contribution is 5.76. The van der Waals surface area contributed by atoms with E-state index in [9.17, 15) is 20.1 Å². The second-order valence-corrected chi connectivity index (χ2v) is 3.41. The Morgan fingerprint density at radius 3 is 2.67 bits per heavy atom. The third kappa shape index (κ3) is 2.44. The van der Waals surface area contributed by atoms with Crippen molar-refractivity contribution in [2.45, 2.75) is 37.6 Å². The first-order chi connectivity index (χ1) is 6.90. The van der Waals surface area contributed by atoms with E-state index >= 15 is 0 Å². The van der Waals surface area contributed by atoms with Crippen LogP contribution in [0.15, 0.2) is 0 Å². The summed E-state index contributed by atoms with van der Waals surface area (Å²) in [4.78, 5) is 11.0. The second-order valence-electron chi connectivity index (χ2n) is 3.41. The van der Waals surface area contributed by atoms with Gasteiger partial charge in [0.1, 0.15) is 12.2 Å². The van der Waals surface area contributed by atoms with Crippen molar-refractivity contribution in [3.8, 4) is 0 Å². The van der Waals surface area contributed by atoms with E-state index in [2.05, 4.69) is 0 Å². The average Bonchev–Trinajstić information content (AvgIpc) is 2.21. The molecule has 1 unspecified atom stereocenters. The zero-order chi connectivity index (χ0) is 11.6. The summed E-state index contributed by atoms with van der Waals surface area (Å²) in [5.41, 5.74) is 0. The maximum atomic E-state index is 11.0. The molecule has 0 aliphatic carbocycles.